The molecule has 0 aliphatic carbocycles. The zero-order valence-corrected chi connectivity index (χ0v) is 12.2. The molecule has 2 rings (SSSR count). The van der Waals surface area contributed by atoms with Gasteiger partial charge in [0.2, 0.25) is 0 Å². The Hall–Kier alpha value is -1.63. The number of hydrogen-bond acceptors (Lipinski definition) is 2. The summed E-state index contributed by atoms with van der Waals surface area (Å²) in [5.74, 6) is -4.31. The molecule has 1 N–H and O–H groups in total. The average molecular weight is 347 g/mol. The summed E-state index contributed by atoms with van der Waals surface area (Å²) in [6, 6.07) is 1.57. The number of H-pyrrole nitrogens is 1. The lowest BCUT2D eigenvalue weighted by Crippen LogP contribution is -2.14. The van der Waals surface area contributed by atoms with Crippen LogP contribution < -0.4 is 5.56 Å². The van der Waals surface area contributed by atoms with Crippen molar-refractivity contribution in [2.75, 3.05) is 0 Å². The van der Waals surface area contributed by atoms with Crippen molar-refractivity contribution in [3.63, 3.8) is 0 Å². The second kappa shape index (κ2) is 5.40. The van der Waals surface area contributed by atoms with Gasteiger partial charge in [-0.1, -0.05) is 13.8 Å². The zero-order chi connectivity index (χ0) is 15.0. The SMILES string of the molecule is CC(C)c1nc(-c2cc(F)c(F)c(F)c2)[nH]c(=O)c1Br. The summed E-state index contributed by atoms with van der Waals surface area (Å²) in [4.78, 5) is 18.3. The molecular formula is C13H10BrF3N2O. The van der Waals surface area contributed by atoms with Crippen molar-refractivity contribution in [3.8, 4) is 11.4 Å². The van der Waals surface area contributed by atoms with Gasteiger partial charge in [0.1, 0.15) is 10.3 Å². The van der Waals surface area contributed by atoms with Crippen LogP contribution in [0.2, 0.25) is 0 Å². The fourth-order valence-electron chi connectivity index (χ4n) is 1.69. The quantitative estimate of drug-likeness (QED) is 0.842. The number of aromatic nitrogens is 2. The van der Waals surface area contributed by atoms with E-state index >= 15 is 0 Å². The van der Waals surface area contributed by atoms with Gasteiger partial charge in [-0.25, -0.2) is 18.2 Å². The predicted molar refractivity (Wildman–Crippen MR) is 72.0 cm³/mol. The van der Waals surface area contributed by atoms with Crippen molar-refractivity contribution in [2.45, 2.75) is 19.8 Å². The molecule has 0 aliphatic rings. The summed E-state index contributed by atoms with van der Waals surface area (Å²) in [6.45, 7) is 3.64. The molecule has 0 bridgehead atoms. The molecule has 1 aromatic carbocycles. The minimum absolute atomic E-state index is 0.0142. The van der Waals surface area contributed by atoms with Gasteiger partial charge in [0.05, 0.1) is 5.69 Å². The standard InChI is InChI=1S/C13H10BrF3N2O/c1-5(2)11-9(14)13(20)19-12(18-11)6-3-7(15)10(17)8(16)4-6/h3-5H,1-2H3,(H,18,19,20). The zero-order valence-electron chi connectivity index (χ0n) is 10.6. The highest BCUT2D eigenvalue weighted by Crippen LogP contribution is 2.24. The lowest BCUT2D eigenvalue weighted by atomic mass is 10.1. The first kappa shape index (κ1) is 14.8. The molecule has 0 fully saturated rings. The molecule has 0 unspecified atom stereocenters. The number of hydrogen-bond donors (Lipinski definition) is 1. The molecule has 1 aromatic heterocycles. The summed E-state index contributed by atoms with van der Waals surface area (Å²) in [7, 11) is 0. The molecular weight excluding hydrogens is 337 g/mol. The van der Waals surface area contributed by atoms with Crippen LogP contribution >= 0.6 is 15.9 Å². The van der Waals surface area contributed by atoms with E-state index in [9.17, 15) is 18.0 Å². The molecule has 3 nitrogen and oxygen atoms in total. The Bertz CT molecular complexity index is 705. The molecule has 0 radical (unpaired) electrons. The smallest absolute Gasteiger partial charge is 0.265 e. The van der Waals surface area contributed by atoms with Gasteiger partial charge in [0, 0.05) is 5.56 Å². The van der Waals surface area contributed by atoms with E-state index in [-0.39, 0.29) is 21.8 Å². The average Bonchev–Trinajstić information content (AvgIpc) is 2.38. The highest BCUT2D eigenvalue weighted by atomic mass is 79.9. The second-order valence-electron chi connectivity index (χ2n) is 4.52. The fraction of sp³-hybridized carbons (Fsp3) is 0.231. The van der Waals surface area contributed by atoms with Crippen LogP contribution in [0.4, 0.5) is 13.2 Å². The summed E-state index contributed by atoms with van der Waals surface area (Å²) in [5.41, 5.74) is -0.0503. The third-order valence-corrected chi connectivity index (χ3v) is 3.46. The Kier molecular flexibility index (Phi) is 3.99. The van der Waals surface area contributed by atoms with Crippen LogP contribution in [0.1, 0.15) is 25.5 Å². The van der Waals surface area contributed by atoms with Gasteiger partial charge in [-0.3, -0.25) is 4.79 Å². The summed E-state index contributed by atoms with van der Waals surface area (Å²) in [5, 5.41) is 0. The van der Waals surface area contributed by atoms with E-state index in [0.29, 0.717) is 5.69 Å². The van der Waals surface area contributed by atoms with Gasteiger partial charge < -0.3 is 4.98 Å². The van der Waals surface area contributed by atoms with Gasteiger partial charge in [-0.2, -0.15) is 0 Å². The van der Waals surface area contributed by atoms with Crippen molar-refractivity contribution in [3.05, 3.63) is 50.1 Å². The second-order valence-corrected chi connectivity index (χ2v) is 5.32. The van der Waals surface area contributed by atoms with Crippen LogP contribution in [0.5, 0.6) is 0 Å². The molecule has 7 heteroatoms. The molecule has 106 valence electrons. The predicted octanol–water partition coefficient (Wildman–Crippen LogP) is 3.74. The van der Waals surface area contributed by atoms with E-state index < -0.39 is 23.0 Å². The number of halogens is 4. The minimum Gasteiger partial charge on any atom is -0.306 e. The van der Waals surface area contributed by atoms with E-state index in [1.807, 2.05) is 13.8 Å². The third-order valence-electron chi connectivity index (χ3n) is 2.69. The van der Waals surface area contributed by atoms with Crippen LogP contribution in [-0.4, -0.2) is 9.97 Å². The first-order chi connectivity index (χ1) is 9.31. The Labute approximate surface area is 121 Å². The Balaban J connectivity index is 2.68. The molecule has 0 saturated heterocycles. The van der Waals surface area contributed by atoms with Gasteiger partial charge in [0.25, 0.3) is 5.56 Å². The van der Waals surface area contributed by atoms with E-state index in [0.717, 1.165) is 12.1 Å². The topological polar surface area (TPSA) is 45.8 Å². The van der Waals surface area contributed by atoms with E-state index in [1.54, 1.807) is 0 Å². The van der Waals surface area contributed by atoms with Crippen molar-refractivity contribution < 1.29 is 13.2 Å². The molecule has 0 atom stereocenters. The fourth-order valence-corrected chi connectivity index (χ4v) is 2.33. The lowest BCUT2D eigenvalue weighted by molar-refractivity contribution is 0.447. The van der Waals surface area contributed by atoms with E-state index in [2.05, 4.69) is 25.9 Å². The van der Waals surface area contributed by atoms with Crippen LogP contribution in [0.15, 0.2) is 21.4 Å². The molecule has 2 aromatic rings. The number of rotatable bonds is 2. The first-order valence-electron chi connectivity index (χ1n) is 5.76. The van der Waals surface area contributed by atoms with Crippen molar-refractivity contribution in [1.82, 2.24) is 9.97 Å². The van der Waals surface area contributed by atoms with Crippen LogP contribution in [-0.2, 0) is 0 Å². The van der Waals surface area contributed by atoms with Gasteiger partial charge in [-0.15, -0.1) is 0 Å². The molecule has 0 saturated carbocycles. The molecule has 0 amide bonds. The van der Waals surface area contributed by atoms with Gasteiger partial charge in [0.15, 0.2) is 17.5 Å². The van der Waals surface area contributed by atoms with Crippen molar-refractivity contribution in [2.24, 2.45) is 0 Å². The highest BCUT2D eigenvalue weighted by molar-refractivity contribution is 9.10. The monoisotopic (exact) mass is 346 g/mol. The van der Waals surface area contributed by atoms with Crippen LogP contribution in [0.25, 0.3) is 11.4 Å². The maximum atomic E-state index is 13.2. The van der Waals surface area contributed by atoms with E-state index in [1.165, 1.54) is 0 Å². The maximum absolute atomic E-state index is 13.2. The largest absolute Gasteiger partial charge is 0.306 e. The van der Waals surface area contributed by atoms with E-state index in [4.69, 9.17) is 0 Å². The third kappa shape index (κ3) is 2.63. The lowest BCUT2D eigenvalue weighted by Gasteiger charge is -2.09. The number of nitrogens with one attached hydrogen (secondary N) is 1. The molecule has 20 heavy (non-hydrogen) atoms. The Morgan fingerprint density at radius 3 is 2.25 bits per heavy atom. The number of benzene rings is 1. The summed E-state index contributed by atoms with van der Waals surface area (Å²) in [6.07, 6.45) is 0. The van der Waals surface area contributed by atoms with Gasteiger partial charge >= 0.3 is 0 Å². The van der Waals surface area contributed by atoms with Crippen molar-refractivity contribution >= 4 is 15.9 Å². The maximum Gasteiger partial charge on any atom is 0.265 e. The van der Waals surface area contributed by atoms with Crippen LogP contribution in [0, 0.1) is 17.5 Å². The van der Waals surface area contributed by atoms with Crippen LogP contribution in [0.3, 0.4) is 0 Å². The van der Waals surface area contributed by atoms with Gasteiger partial charge in [-0.05, 0) is 34.0 Å². The first-order valence-corrected chi connectivity index (χ1v) is 6.55. The normalized spacial score (nSPS) is 11.2. The Morgan fingerprint density at radius 1 is 1.20 bits per heavy atom. The number of nitrogens with zero attached hydrogens (tertiary/aromatic N) is 1. The number of aromatic amines is 1. The summed E-state index contributed by atoms with van der Waals surface area (Å²) < 4.78 is 39.6. The molecule has 1 heterocycles. The molecule has 0 spiro atoms. The van der Waals surface area contributed by atoms with Crippen molar-refractivity contribution in [1.29, 1.82) is 0 Å². The Morgan fingerprint density at radius 2 is 1.75 bits per heavy atom. The summed E-state index contributed by atoms with van der Waals surface area (Å²) >= 11 is 3.11. The minimum atomic E-state index is -1.56. The molecule has 0 aliphatic heterocycles. The highest BCUT2D eigenvalue weighted by Gasteiger charge is 2.16.